The van der Waals surface area contributed by atoms with Crippen LogP contribution < -0.4 is 0 Å². The molecule has 0 aliphatic heterocycles. The van der Waals surface area contributed by atoms with Crippen molar-refractivity contribution >= 4 is 0 Å². The average molecular weight is 443 g/mol. The van der Waals surface area contributed by atoms with Crippen molar-refractivity contribution in [3.63, 3.8) is 0 Å². The Balaban J connectivity index is 1.61. The maximum absolute atomic E-state index is 11.7. The molecule has 5 aliphatic rings. The van der Waals surface area contributed by atoms with E-state index >= 15 is 0 Å². The van der Waals surface area contributed by atoms with Crippen LogP contribution in [0.5, 0.6) is 0 Å². The Morgan fingerprint density at radius 2 is 1.44 bits per heavy atom. The van der Waals surface area contributed by atoms with Gasteiger partial charge in [0.1, 0.15) is 0 Å². The molecule has 2 heteroatoms. The van der Waals surface area contributed by atoms with Gasteiger partial charge in [-0.15, -0.1) is 0 Å². The summed E-state index contributed by atoms with van der Waals surface area (Å²) in [7, 11) is 0. The maximum Gasteiger partial charge on any atom is 0.0608 e. The van der Waals surface area contributed by atoms with Gasteiger partial charge in [-0.25, -0.2) is 0 Å². The Morgan fingerprint density at radius 3 is 2.12 bits per heavy atom. The maximum atomic E-state index is 11.7. The smallest absolute Gasteiger partial charge is 0.0608 e. The first-order chi connectivity index (χ1) is 14.7. The summed E-state index contributed by atoms with van der Waals surface area (Å²) in [5.74, 6) is 3.13. The molecule has 0 aromatic rings. The van der Waals surface area contributed by atoms with Gasteiger partial charge in [-0.3, -0.25) is 0 Å². The van der Waals surface area contributed by atoms with Crippen LogP contribution in [0.15, 0.2) is 11.6 Å². The lowest BCUT2D eigenvalue weighted by molar-refractivity contribution is -0.215. The van der Waals surface area contributed by atoms with Crippen molar-refractivity contribution in [2.24, 2.45) is 56.7 Å². The summed E-state index contributed by atoms with van der Waals surface area (Å²) in [6.07, 6.45) is 11.4. The molecular weight excluding hydrogens is 392 g/mol. The molecule has 0 aromatic heterocycles. The molecule has 0 aromatic carbocycles. The summed E-state index contributed by atoms with van der Waals surface area (Å²) in [5.41, 5.74) is 2.34. The van der Waals surface area contributed by atoms with Crippen LogP contribution in [0.3, 0.4) is 0 Å². The summed E-state index contributed by atoms with van der Waals surface area (Å²) in [5, 5.41) is 22.6. The van der Waals surface area contributed by atoms with Gasteiger partial charge in [-0.2, -0.15) is 0 Å². The van der Waals surface area contributed by atoms with E-state index in [4.69, 9.17) is 0 Å². The van der Waals surface area contributed by atoms with Crippen molar-refractivity contribution in [2.45, 2.75) is 119 Å². The van der Waals surface area contributed by atoms with Crippen LogP contribution in [0.4, 0.5) is 0 Å². The third-order valence-electron chi connectivity index (χ3n) is 13.5. The van der Waals surface area contributed by atoms with Gasteiger partial charge in [0, 0.05) is 5.41 Å². The van der Waals surface area contributed by atoms with Gasteiger partial charge in [0.25, 0.3) is 0 Å². The topological polar surface area (TPSA) is 40.5 Å². The number of fused-ring (bicyclic) bond motifs is 7. The van der Waals surface area contributed by atoms with E-state index in [1.54, 1.807) is 5.57 Å². The molecule has 11 atom stereocenters. The third kappa shape index (κ3) is 2.61. The number of allylic oxidation sites excluding steroid dienone is 2. The van der Waals surface area contributed by atoms with E-state index < -0.39 is 0 Å². The van der Waals surface area contributed by atoms with E-state index in [2.05, 4.69) is 61.5 Å². The van der Waals surface area contributed by atoms with Gasteiger partial charge >= 0.3 is 0 Å². The minimum atomic E-state index is -0.199. The first-order valence-corrected chi connectivity index (χ1v) is 13.8. The zero-order chi connectivity index (χ0) is 23.5. The van der Waals surface area contributed by atoms with Gasteiger partial charge in [0.05, 0.1) is 12.2 Å². The largest absolute Gasteiger partial charge is 0.393 e. The lowest BCUT2D eigenvalue weighted by Crippen LogP contribution is -2.66. The van der Waals surface area contributed by atoms with E-state index in [1.807, 2.05) is 0 Å². The predicted molar refractivity (Wildman–Crippen MR) is 132 cm³/mol. The van der Waals surface area contributed by atoms with Crippen molar-refractivity contribution in [3.05, 3.63) is 11.6 Å². The molecular formula is C30H50O2. The molecule has 4 saturated carbocycles. The second-order valence-electron chi connectivity index (χ2n) is 14.7. The fourth-order valence-corrected chi connectivity index (χ4v) is 10.9. The quantitative estimate of drug-likeness (QED) is 0.397. The number of hydrogen-bond donors (Lipinski definition) is 2. The SMILES string of the molecule is C[C@@H]1CC[C@@]2(C)C(C3=CCC4[C@@]5(C)CC[C@H](O)C(C)(C)C5CC[C@@]4(C)[C@]3(C)C[C@@H]2O)[C@H]1C. The standard InChI is InChI=1S/C30H50O2/c1-18-11-14-28(6)24(32)17-30(8)20(25(28)19(18)2)9-10-22-27(5)15-13-23(31)26(3,4)21(27)12-16-29(22,30)7/h9,18-19,21-25,31-32H,10-17H2,1-8H3/t18-,19+,21?,22?,23+,24+,25?,27+,28-,29-,30-/m1/s1. The highest BCUT2D eigenvalue weighted by atomic mass is 16.3. The van der Waals surface area contributed by atoms with Crippen LogP contribution in [0.1, 0.15) is 107 Å². The summed E-state index contributed by atoms with van der Waals surface area (Å²) in [6, 6.07) is 0. The molecule has 5 aliphatic carbocycles. The number of rotatable bonds is 0. The lowest BCUT2D eigenvalue weighted by Gasteiger charge is -2.72. The molecule has 0 bridgehead atoms. The zero-order valence-corrected chi connectivity index (χ0v) is 22.2. The highest BCUT2D eigenvalue weighted by molar-refractivity contribution is 5.35. The van der Waals surface area contributed by atoms with Crippen LogP contribution in [-0.2, 0) is 0 Å². The summed E-state index contributed by atoms with van der Waals surface area (Å²) < 4.78 is 0. The van der Waals surface area contributed by atoms with Crippen LogP contribution in [-0.4, -0.2) is 22.4 Å². The fourth-order valence-electron chi connectivity index (χ4n) is 10.9. The lowest BCUT2D eigenvalue weighted by atomic mass is 9.33. The zero-order valence-electron chi connectivity index (χ0n) is 22.2. The minimum Gasteiger partial charge on any atom is -0.393 e. The molecule has 3 unspecified atom stereocenters. The number of aliphatic hydroxyl groups excluding tert-OH is 2. The Hall–Kier alpha value is -0.340. The summed E-state index contributed by atoms with van der Waals surface area (Å²) in [6.45, 7) is 19.7. The highest BCUT2D eigenvalue weighted by Crippen LogP contribution is 2.75. The van der Waals surface area contributed by atoms with Gasteiger partial charge in [-0.05, 0) is 103 Å². The summed E-state index contributed by atoms with van der Waals surface area (Å²) in [4.78, 5) is 0. The van der Waals surface area contributed by atoms with E-state index in [1.165, 1.54) is 32.1 Å². The molecule has 4 fully saturated rings. The van der Waals surface area contributed by atoms with Crippen LogP contribution >= 0.6 is 0 Å². The van der Waals surface area contributed by atoms with Crippen molar-refractivity contribution < 1.29 is 10.2 Å². The van der Waals surface area contributed by atoms with E-state index in [9.17, 15) is 10.2 Å². The molecule has 2 nitrogen and oxygen atoms in total. The molecule has 32 heavy (non-hydrogen) atoms. The van der Waals surface area contributed by atoms with Crippen molar-refractivity contribution in [2.75, 3.05) is 0 Å². The first-order valence-electron chi connectivity index (χ1n) is 13.8. The summed E-state index contributed by atoms with van der Waals surface area (Å²) >= 11 is 0. The monoisotopic (exact) mass is 442 g/mol. The minimum absolute atomic E-state index is 0.00278. The molecule has 0 spiro atoms. The van der Waals surface area contributed by atoms with Gasteiger partial charge in [0.2, 0.25) is 0 Å². The Morgan fingerprint density at radius 1 is 0.781 bits per heavy atom. The number of hydrogen-bond acceptors (Lipinski definition) is 2. The second-order valence-corrected chi connectivity index (χ2v) is 14.7. The van der Waals surface area contributed by atoms with E-state index in [-0.39, 0.29) is 39.3 Å². The van der Waals surface area contributed by atoms with Crippen LogP contribution in [0.2, 0.25) is 0 Å². The Labute approximate surface area is 197 Å². The van der Waals surface area contributed by atoms with E-state index in [0.717, 1.165) is 25.2 Å². The van der Waals surface area contributed by atoms with Crippen molar-refractivity contribution in [3.8, 4) is 0 Å². The molecule has 0 saturated heterocycles. The molecule has 0 radical (unpaired) electrons. The molecule has 5 rings (SSSR count). The predicted octanol–water partition coefficient (Wildman–Crippen LogP) is 7.00. The molecule has 182 valence electrons. The third-order valence-corrected chi connectivity index (χ3v) is 13.5. The van der Waals surface area contributed by atoms with Crippen molar-refractivity contribution in [1.82, 2.24) is 0 Å². The average Bonchev–Trinajstić information content (AvgIpc) is 2.70. The highest BCUT2D eigenvalue weighted by Gasteiger charge is 2.69. The second kappa shape index (κ2) is 6.87. The molecule has 2 N–H and O–H groups in total. The van der Waals surface area contributed by atoms with Crippen LogP contribution in [0.25, 0.3) is 0 Å². The molecule has 0 heterocycles. The number of aliphatic hydroxyl groups is 2. The van der Waals surface area contributed by atoms with Gasteiger partial charge in [-0.1, -0.05) is 67.0 Å². The Bertz CT molecular complexity index is 814. The van der Waals surface area contributed by atoms with Gasteiger partial charge < -0.3 is 10.2 Å². The fraction of sp³-hybridized carbons (Fsp3) is 0.933. The van der Waals surface area contributed by atoms with Crippen molar-refractivity contribution in [1.29, 1.82) is 0 Å². The van der Waals surface area contributed by atoms with Crippen LogP contribution in [0, 0.1) is 56.7 Å². The molecule has 0 amide bonds. The first kappa shape index (κ1) is 23.4. The Kier molecular flexibility index (Phi) is 5.02. The normalized spacial score (nSPS) is 59.2. The van der Waals surface area contributed by atoms with E-state index in [0.29, 0.717) is 23.7 Å². The van der Waals surface area contributed by atoms with Gasteiger partial charge in [0.15, 0.2) is 0 Å².